The highest BCUT2D eigenvalue weighted by Gasteiger charge is 2.05. The lowest BCUT2D eigenvalue weighted by atomic mass is 10.2. The first-order chi connectivity index (χ1) is 10.3. The van der Waals surface area contributed by atoms with E-state index in [1.807, 2.05) is 54.6 Å². The molecule has 0 bridgehead atoms. The molecule has 1 N–H and O–H groups in total. The summed E-state index contributed by atoms with van der Waals surface area (Å²) in [6.07, 6.45) is 3.27. The van der Waals surface area contributed by atoms with Gasteiger partial charge < -0.3 is 4.57 Å². The molecule has 0 aliphatic rings. The van der Waals surface area contributed by atoms with Gasteiger partial charge >= 0.3 is 0 Å². The lowest BCUT2D eigenvalue weighted by Gasteiger charge is -2.02. The molecular weight excluding hydrogens is 264 g/mol. The minimum Gasteiger partial charge on any atom is -0.321 e. The zero-order valence-corrected chi connectivity index (χ0v) is 11.3. The maximum absolute atomic E-state index is 11.9. The van der Waals surface area contributed by atoms with E-state index >= 15 is 0 Å². The number of nitrogens with zero attached hydrogens (tertiary/aromatic N) is 3. The van der Waals surface area contributed by atoms with Crippen LogP contribution < -0.4 is 5.43 Å². The highest BCUT2D eigenvalue weighted by molar-refractivity contribution is 5.83. The second kappa shape index (κ2) is 6.00. The van der Waals surface area contributed by atoms with E-state index in [0.29, 0.717) is 0 Å². The molecule has 3 aromatic rings. The second-order valence-electron chi connectivity index (χ2n) is 4.57. The summed E-state index contributed by atoms with van der Waals surface area (Å²) in [5, 5.41) is 3.94. The van der Waals surface area contributed by atoms with Crippen LogP contribution in [0.4, 0.5) is 0 Å². The average Bonchev–Trinajstić information content (AvgIpc) is 2.92. The fraction of sp³-hybridized carbons (Fsp3) is 0.0625. The first kappa shape index (κ1) is 13.1. The molecule has 2 aromatic carbocycles. The Morgan fingerprint density at radius 3 is 2.76 bits per heavy atom. The molecule has 0 aliphatic carbocycles. The van der Waals surface area contributed by atoms with E-state index in [-0.39, 0.29) is 12.5 Å². The number of imidazole rings is 1. The number of fused-ring (bicyclic) bond motifs is 1. The zero-order valence-electron chi connectivity index (χ0n) is 11.3. The van der Waals surface area contributed by atoms with E-state index in [1.54, 1.807) is 17.1 Å². The molecule has 21 heavy (non-hydrogen) atoms. The van der Waals surface area contributed by atoms with Crippen LogP contribution in [0.25, 0.3) is 11.0 Å². The van der Waals surface area contributed by atoms with E-state index in [4.69, 9.17) is 0 Å². The van der Waals surface area contributed by atoms with E-state index < -0.39 is 0 Å². The van der Waals surface area contributed by atoms with Crippen molar-refractivity contribution in [2.24, 2.45) is 5.10 Å². The summed E-state index contributed by atoms with van der Waals surface area (Å²) >= 11 is 0. The van der Waals surface area contributed by atoms with Crippen LogP contribution in [0.2, 0.25) is 0 Å². The van der Waals surface area contributed by atoms with Gasteiger partial charge in [0.15, 0.2) is 0 Å². The third kappa shape index (κ3) is 3.14. The lowest BCUT2D eigenvalue weighted by Crippen LogP contribution is -2.22. The predicted octanol–water partition coefficient (Wildman–Crippen LogP) is 2.19. The standard InChI is InChI=1S/C16H14N4O/c21-16(19-18-10-13-6-2-1-3-7-13)11-20-12-17-14-8-4-5-9-15(14)20/h1-10,12H,11H2,(H,19,21). The Hall–Kier alpha value is -2.95. The van der Waals surface area contributed by atoms with Crippen molar-refractivity contribution in [2.75, 3.05) is 0 Å². The second-order valence-corrected chi connectivity index (χ2v) is 4.57. The van der Waals surface area contributed by atoms with Crippen molar-refractivity contribution in [3.8, 4) is 0 Å². The Balaban J connectivity index is 1.63. The summed E-state index contributed by atoms with van der Waals surface area (Å²) in [6, 6.07) is 17.3. The summed E-state index contributed by atoms with van der Waals surface area (Å²) in [5.74, 6) is -0.190. The number of nitrogens with one attached hydrogen (secondary N) is 1. The monoisotopic (exact) mass is 278 g/mol. The molecule has 5 nitrogen and oxygen atoms in total. The third-order valence-electron chi connectivity index (χ3n) is 3.04. The molecule has 0 spiro atoms. The maximum Gasteiger partial charge on any atom is 0.260 e. The van der Waals surface area contributed by atoms with Crippen LogP contribution in [0.15, 0.2) is 66.0 Å². The van der Waals surface area contributed by atoms with Crippen molar-refractivity contribution >= 4 is 23.2 Å². The fourth-order valence-corrected chi connectivity index (χ4v) is 2.04. The molecule has 0 atom stereocenters. The number of carbonyl (C=O) groups excluding carboxylic acids is 1. The topological polar surface area (TPSA) is 59.3 Å². The van der Waals surface area contributed by atoms with Crippen LogP contribution in [0.3, 0.4) is 0 Å². The Morgan fingerprint density at radius 2 is 1.90 bits per heavy atom. The molecular formula is C16H14N4O. The van der Waals surface area contributed by atoms with E-state index in [1.165, 1.54) is 0 Å². The van der Waals surface area contributed by atoms with Gasteiger partial charge in [0.25, 0.3) is 5.91 Å². The van der Waals surface area contributed by atoms with Gasteiger partial charge in [0.2, 0.25) is 0 Å². The van der Waals surface area contributed by atoms with Crippen LogP contribution in [-0.2, 0) is 11.3 Å². The van der Waals surface area contributed by atoms with Crippen molar-refractivity contribution < 1.29 is 4.79 Å². The predicted molar refractivity (Wildman–Crippen MR) is 81.9 cm³/mol. The molecule has 0 radical (unpaired) electrons. The van der Waals surface area contributed by atoms with Gasteiger partial charge in [-0.25, -0.2) is 10.4 Å². The minimum absolute atomic E-state index is 0.187. The Bertz CT molecular complexity index is 777. The van der Waals surface area contributed by atoms with E-state index in [9.17, 15) is 4.79 Å². The van der Waals surface area contributed by atoms with Crippen molar-refractivity contribution in [1.82, 2.24) is 15.0 Å². The Kier molecular flexibility index (Phi) is 3.73. The molecule has 104 valence electrons. The summed E-state index contributed by atoms with van der Waals surface area (Å²) in [7, 11) is 0. The smallest absolute Gasteiger partial charge is 0.260 e. The highest BCUT2D eigenvalue weighted by atomic mass is 16.2. The van der Waals surface area contributed by atoms with Crippen LogP contribution >= 0.6 is 0 Å². The van der Waals surface area contributed by atoms with Gasteiger partial charge in [-0.1, -0.05) is 42.5 Å². The van der Waals surface area contributed by atoms with Gasteiger partial charge in [-0.05, 0) is 17.7 Å². The van der Waals surface area contributed by atoms with Gasteiger partial charge in [-0.3, -0.25) is 4.79 Å². The SMILES string of the molecule is O=C(Cn1cnc2ccccc21)NN=Cc1ccccc1. The van der Waals surface area contributed by atoms with Gasteiger partial charge in [-0.15, -0.1) is 0 Å². The largest absolute Gasteiger partial charge is 0.321 e. The summed E-state index contributed by atoms with van der Waals surface area (Å²) < 4.78 is 1.79. The molecule has 1 amide bonds. The fourth-order valence-electron chi connectivity index (χ4n) is 2.04. The first-order valence-electron chi connectivity index (χ1n) is 6.60. The zero-order chi connectivity index (χ0) is 14.5. The number of aromatic nitrogens is 2. The molecule has 1 heterocycles. The van der Waals surface area contributed by atoms with Crippen LogP contribution in [0.5, 0.6) is 0 Å². The number of rotatable bonds is 4. The molecule has 1 aromatic heterocycles. The molecule has 0 fully saturated rings. The average molecular weight is 278 g/mol. The number of benzene rings is 2. The molecule has 0 saturated carbocycles. The number of amides is 1. The third-order valence-corrected chi connectivity index (χ3v) is 3.04. The maximum atomic E-state index is 11.9. The summed E-state index contributed by atoms with van der Waals surface area (Å²) in [5.41, 5.74) is 5.26. The number of hydrazone groups is 1. The quantitative estimate of drug-likeness (QED) is 0.587. The van der Waals surface area contributed by atoms with Gasteiger partial charge in [0.1, 0.15) is 6.54 Å². The van der Waals surface area contributed by atoms with Crippen LogP contribution in [0, 0.1) is 0 Å². The summed E-state index contributed by atoms with van der Waals surface area (Å²) in [6.45, 7) is 0.187. The van der Waals surface area contributed by atoms with Gasteiger partial charge in [-0.2, -0.15) is 5.10 Å². The molecule has 3 rings (SSSR count). The molecule has 5 heteroatoms. The molecule has 0 unspecified atom stereocenters. The summed E-state index contributed by atoms with van der Waals surface area (Å²) in [4.78, 5) is 16.1. The van der Waals surface area contributed by atoms with Crippen molar-refractivity contribution in [3.63, 3.8) is 0 Å². The number of carbonyl (C=O) groups is 1. The minimum atomic E-state index is -0.190. The number of hydrogen-bond donors (Lipinski definition) is 1. The van der Waals surface area contributed by atoms with Gasteiger partial charge in [0.05, 0.1) is 23.6 Å². The normalized spacial score (nSPS) is 11.0. The number of para-hydroxylation sites is 2. The number of hydrogen-bond acceptors (Lipinski definition) is 3. The first-order valence-corrected chi connectivity index (χ1v) is 6.60. The van der Waals surface area contributed by atoms with Crippen molar-refractivity contribution in [1.29, 1.82) is 0 Å². The molecule has 0 saturated heterocycles. The molecule has 0 aliphatic heterocycles. The van der Waals surface area contributed by atoms with Crippen LogP contribution in [0.1, 0.15) is 5.56 Å². The van der Waals surface area contributed by atoms with Crippen molar-refractivity contribution in [2.45, 2.75) is 6.54 Å². The van der Waals surface area contributed by atoms with Crippen molar-refractivity contribution in [3.05, 3.63) is 66.5 Å². The Labute approximate surface area is 121 Å². The Morgan fingerprint density at radius 1 is 1.14 bits per heavy atom. The van der Waals surface area contributed by atoms with Gasteiger partial charge in [0, 0.05) is 0 Å². The van der Waals surface area contributed by atoms with E-state index in [0.717, 1.165) is 16.6 Å². The lowest BCUT2D eigenvalue weighted by molar-refractivity contribution is -0.121. The van der Waals surface area contributed by atoms with Crippen LogP contribution in [-0.4, -0.2) is 21.7 Å². The highest BCUT2D eigenvalue weighted by Crippen LogP contribution is 2.11. The van der Waals surface area contributed by atoms with E-state index in [2.05, 4.69) is 15.5 Å².